The number of ether oxygens (including phenoxy) is 1. The second-order valence-corrected chi connectivity index (χ2v) is 14.5. The first kappa shape index (κ1) is 26.9. The van der Waals surface area contributed by atoms with Gasteiger partial charge in [-0.25, -0.2) is 0 Å². The number of esters is 1. The van der Waals surface area contributed by atoms with E-state index < -0.39 is 19.5 Å². The fraction of sp³-hybridized carbons (Fsp3) is 0.136. The molecule has 1 N–H and O–H groups in total. The number of benzene rings is 3. The quantitative estimate of drug-likeness (QED) is 0.111. The molecule has 0 aliphatic rings. The van der Waals surface area contributed by atoms with Gasteiger partial charge >= 0.3 is 42.3 Å². The Balaban J connectivity index is 0.000000479. The Bertz CT molecular complexity index is 1050. The van der Waals surface area contributed by atoms with Crippen LogP contribution in [0, 0.1) is 0 Å². The Hall–Kier alpha value is -2.32. The summed E-state index contributed by atoms with van der Waals surface area (Å²) in [4.78, 5) is 12.3. The minimum absolute atomic E-state index is 0.0395. The minimum atomic E-state index is -11.2. The van der Waals surface area contributed by atoms with E-state index in [9.17, 15) is 26.8 Å². The summed E-state index contributed by atoms with van der Waals surface area (Å²) in [7, 11) is -0.0395. The maximum atomic E-state index is 11.1. The van der Waals surface area contributed by atoms with Gasteiger partial charge in [0.05, 0.1) is 0 Å². The van der Waals surface area contributed by atoms with Crippen molar-refractivity contribution in [3.63, 3.8) is 0 Å². The molecule has 0 aliphatic carbocycles. The molecule has 3 nitrogen and oxygen atoms in total. The van der Waals surface area contributed by atoms with Gasteiger partial charge in [0.1, 0.15) is 23.0 Å². The van der Waals surface area contributed by atoms with E-state index in [-0.39, 0.29) is 22.6 Å². The van der Waals surface area contributed by atoms with Crippen LogP contribution in [0.3, 0.4) is 0 Å². The van der Waals surface area contributed by atoms with Crippen LogP contribution in [0.1, 0.15) is 18.1 Å². The molecular weight excluding hydrogens is 580 g/mol. The first-order chi connectivity index (χ1) is 15.0. The maximum absolute atomic E-state index is 11.2. The van der Waals surface area contributed by atoms with Crippen LogP contribution < -0.4 is 4.74 Å². The number of rotatable bonds is 6. The second-order valence-electron chi connectivity index (χ2n) is 6.96. The molecule has 0 fully saturated rings. The van der Waals surface area contributed by atoms with Crippen LogP contribution in [-0.4, -0.2) is 30.6 Å². The Kier molecular flexibility index (Phi) is 8.07. The fourth-order valence-corrected chi connectivity index (χ4v) is 4.80. The number of phenolic OH excluding ortho intramolecular Hbond substituents is 1. The molecule has 11 heteroatoms. The molecule has 0 aliphatic heterocycles. The van der Waals surface area contributed by atoms with E-state index in [1.165, 1.54) is 22.9 Å². The molecule has 0 spiro atoms. The molecule has 3 aromatic rings. The zero-order chi connectivity index (χ0) is 24.8. The zero-order valence-corrected chi connectivity index (χ0v) is 20.7. The third-order valence-corrected chi connectivity index (χ3v) is 6.18. The Morgan fingerprint density at radius 1 is 0.788 bits per heavy atom. The molecule has 0 bridgehead atoms. The monoisotopic (exact) mass is 600 g/mol. The van der Waals surface area contributed by atoms with Gasteiger partial charge in [0.2, 0.25) is 0 Å². The summed E-state index contributed by atoms with van der Waals surface area (Å²) < 4.78 is 64.7. The molecule has 0 aromatic heterocycles. The average Bonchev–Trinajstić information content (AvgIpc) is 2.68. The van der Waals surface area contributed by atoms with Gasteiger partial charge in [-0.15, -0.1) is 0 Å². The third kappa shape index (κ3) is 13.1. The van der Waals surface area contributed by atoms with E-state index >= 15 is 0 Å². The molecule has 3 rings (SSSR count). The van der Waals surface area contributed by atoms with Gasteiger partial charge in [0, 0.05) is 28.9 Å². The molecule has 1 unspecified atom stereocenters. The topological polar surface area (TPSA) is 46.5 Å². The standard InChI is InChI=1S/C22H20O3S.6FH.Sb/c1-17(23)25-21-11-13-22(14-12-21)26(15-18-5-3-2-4-6-18)16-19-7-9-20(24)10-8-19;;;;;;;/h2-14H,15-16H2,1H3;6*1H;/q;;;;;;;+5/p-5. The fourth-order valence-electron chi connectivity index (χ4n) is 2.65. The summed E-state index contributed by atoms with van der Waals surface area (Å²) in [5.74, 6) is 2.36. The Morgan fingerprint density at radius 2 is 1.24 bits per heavy atom. The van der Waals surface area contributed by atoms with Gasteiger partial charge in [-0.05, 0) is 36.4 Å². The third-order valence-electron chi connectivity index (χ3n) is 3.88. The first-order valence-corrected chi connectivity index (χ1v) is 16.7. The van der Waals surface area contributed by atoms with Crippen molar-refractivity contribution in [3.05, 3.63) is 90.0 Å². The van der Waals surface area contributed by atoms with Crippen LogP contribution >= 0.6 is 0 Å². The molecule has 0 amide bonds. The molecule has 3 aromatic carbocycles. The van der Waals surface area contributed by atoms with E-state index in [2.05, 4.69) is 24.3 Å². The molecule has 180 valence electrons. The number of hydrogen-bond acceptors (Lipinski definition) is 3. The first-order valence-electron chi connectivity index (χ1n) is 9.39. The van der Waals surface area contributed by atoms with Gasteiger partial charge in [-0.1, -0.05) is 42.5 Å². The Labute approximate surface area is 192 Å². The summed E-state index contributed by atoms with van der Waals surface area (Å²) >= 11 is -11.2. The van der Waals surface area contributed by atoms with Crippen molar-refractivity contribution in [1.29, 1.82) is 0 Å². The van der Waals surface area contributed by atoms with Crippen LogP contribution in [0.25, 0.3) is 0 Å². The summed E-state index contributed by atoms with van der Waals surface area (Å²) in [5, 5.41) is 9.51. The second kappa shape index (κ2) is 9.89. The van der Waals surface area contributed by atoms with Gasteiger partial charge in [0.25, 0.3) is 0 Å². The molecular formula is C22H21F6O3SSb. The van der Waals surface area contributed by atoms with Crippen molar-refractivity contribution in [1.82, 2.24) is 0 Å². The van der Waals surface area contributed by atoms with Crippen LogP contribution in [0.4, 0.5) is 16.9 Å². The molecule has 0 radical (unpaired) electrons. The number of halogens is 6. The molecule has 0 heterocycles. The molecule has 33 heavy (non-hydrogen) atoms. The normalized spacial score (nSPS) is 14.2. The zero-order valence-electron chi connectivity index (χ0n) is 17.3. The van der Waals surface area contributed by atoms with Gasteiger partial charge in [-0.2, -0.15) is 0 Å². The number of carbonyl (C=O) groups excluding carboxylic acids is 1. The van der Waals surface area contributed by atoms with E-state index in [1.54, 1.807) is 12.1 Å². The SMILES string of the molecule is CC(=O)Oc1ccc([S+](Cc2ccccc2)Cc2ccc(O)cc2)cc1.[F][Sb-]([F])([F])([F])([F])[F]. The van der Waals surface area contributed by atoms with Gasteiger partial charge < -0.3 is 9.84 Å². The molecule has 1 atom stereocenters. The van der Waals surface area contributed by atoms with Crippen LogP contribution in [0.15, 0.2) is 83.8 Å². The predicted octanol–water partition coefficient (Wildman–Crippen LogP) is 6.84. The number of aromatic hydroxyl groups is 1. The summed E-state index contributed by atoms with van der Waals surface area (Å²) in [6.07, 6.45) is 0. The summed E-state index contributed by atoms with van der Waals surface area (Å²) in [5.41, 5.74) is 2.48. The van der Waals surface area contributed by atoms with E-state index in [4.69, 9.17) is 4.74 Å². The van der Waals surface area contributed by atoms with Crippen molar-refractivity contribution in [2.24, 2.45) is 0 Å². The van der Waals surface area contributed by atoms with Crippen LogP contribution in [-0.2, 0) is 27.2 Å². The summed E-state index contributed by atoms with van der Waals surface area (Å²) in [6.45, 7) is 1.40. The number of hydrogen-bond donors (Lipinski definition) is 1. The van der Waals surface area contributed by atoms with Crippen LogP contribution in [0.5, 0.6) is 11.5 Å². The number of carbonyl (C=O) groups is 1. The van der Waals surface area contributed by atoms with Gasteiger partial charge in [0.15, 0.2) is 4.90 Å². The van der Waals surface area contributed by atoms with E-state index in [1.807, 2.05) is 42.5 Å². The van der Waals surface area contributed by atoms with Gasteiger partial charge in [-0.3, -0.25) is 4.79 Å². The van der Waals surface area contributed by atoms with Crippen molar-refractivity contribution < 1.29 is 31.5 Å². The molecule has 0 saturated heterocycles. The van der Waals surface area contributed by atoms with Crippen molar-refractivity contribution >= 4 is 36.3 Å². The predicted molar refractivity (Wildman–Crippen MR) is 118 cm³/mol. The van der Waals surface area contributed by atoms with E-state index in [0.29, 0.717) is 5.75 Å². The molecule has 0 saturated carbocycles. The van der Waals surface area contributed by atoms with E-state index in [0.717, 1.165) is 11.5 Å². The van der Waals surface area contributed by atoms with Crippen molar-refractivity contribution in [3.8, 4) is 11.5 Å². The van der Waals surface area contributed by atoms with Crippen molar-refractivity contribution in [2.75, 3.05) is 0 Å². The Morgan fingerprint density at radius 3 is 1.70 bits per heavy atom. The summed E-state index contributed by atoms with van der Waals surface area (Å²) in [6, 6.07) is 25.6. The van der Waals surface area contributed by atoms with Crippen LogP contribution in [0.2, 0.25) is 0 Å². The number of phenols is 1. The van der Waals surface area contributed by atoms with Crippen molar-refractivity contribution in [2.45, 2.75) is 23.3 Å². The average molecular weight is 601 g/mol.